The fourth-order valence-electron chi connectivity index (χ4n) is 9.63. The number of benzene rings is 9. The Bertz CT molecular complexity index is 3460. The molecule has 0 spiro atoms. The third kappa shape index (κ3) is 4.86. The average Bonchev–Trinajstić information content (AvgIpc) is 3.78. The molecule has 0 aliphatic heterocycles. The number of para-hydroxylation sites is 2. The first-order valence-corrected chi connectivity index (χ1v) is 20.0. The molecule has 1 aliphatic carbocycles. The molecule has 9 aromatic carbocycles. The SMILES string of the molecule is CC1(C)c2cc(-c3cccc(-c4ccc5c6ccccc6c6nccnc6c5c4)c3)ccc2-c2ccc(-c3cccc(-c4cccc5c4oc4ccccc45)c3)cc21. The van der Waals surface area contributed by atoms with E-state index in [1.165, 1.54) is 60.8 Å². The van der Waals surface area contributed by atoms with Gasteiger partial charge in [-0.1, -0.05) is 147 Å². The summed E-state index contributed by atoms with van der Waals surface area (Å²) in [5, 5.41) is 6.94. The van der Waals surface area contributed by atoms with Crippen LogP contribution in [0.3, 0.4) is 0 Å². The molecule has 3 heteroatoms. The number of nitrogens with zero attached hydrogens (tertiary/aromatic N) is 2. The van der Waals surface area contributed by atoms with Gasteiger partial charge in [0.1, 0.15) is 11.2 Å². The van der Waals surface area contributed by atoms with E-state index in [9.17, 15) is 0 Å². The zero-order valence-electron chi connectivity index (χ0n) is 32.1. The predicted octanol–water partition coefficient (Wildman–Crippen LogP) is 14.8. The van der Waals surface area contributed by atoms with Gasteiger partial charge in [0, 0.05) is 44.9 Å². The van der Waals surface area contributed by atoms with Crippen LogP contribution in [0.15, 0.2) is 187 Å². The Morgan fingerprint density at radius 3 is 1.57 bits per heavy atom. The van der Waals surface area contributed by atoms with Crippen molar-refractivity contribution in [1.82, 2.24) is 9.97 Å². The monoisotopic (exact) mass is 740 g/mol. The second kappa shape index (κ2) is 12.3. The smallest absolute Gasteiger partial charge is 0.143 e. The topological polar surface area (TPSA) is 38.9 Å². The highest BCUT2D eigenvalue weighted by molar-refractivity contribution is 6.23. The van der Waals surface area contributed by atoms with Gasteiger partial charge in [-0.2, -0.15) is 0 Å². The predicted molar refractivity (Wildman–Crippen MR) is 241 cm³/mol. The number of hydrogen-bond donors (Lipinski definition) is 0. The van der Waals surface area contributed by atoms with Gasteiger partial charge >= 0.3 is 0 Å². The molecule has 0 radical (unpaired) electrons. The highest BCUT2D eigenvalue weighted by Gasteiger charge is 2.36. The maximum Gasteiger partial charge on any atom is 0.143 e. The van der Waals surface area contributed by atoms with Crippen molar-refractivity contribution in [2.75, 3.05) is 0 Å². The van der Waals surface area contributed by atoms with Crippen molar-refractivity contribution in [1.29, 1.82) is 0 Å². The summed E-state index contributed by atoms with van der Waals surface area (Å²) >= 11 is 0. The summed E-state index contributed by atoms with van der Waals surface area (Å²) in [6.07, 6.45) is 3.58. The number of aromatic nitrogens is 2. The van der Waals surface area contributed by atoms with Gasteiger partial charge in [0.15, 0.2) is 0 Å². The Morgan fingerprint density at radius 2 is 0.862 bits per heavy atom. The van der Waals surface area contributed by atoms with Gasteiger partial charge in [-0.05, 0) is 108 Å². The molecule has 11 aromatic rings. The van der Waals surface area contributed by atoms with E-state index in [1.807, 2.05) is 12.1 Å². The zero-order valence-corrected chi connectivity index (χ0v) is 32.1. The van der Waals surface area contributed by atoms with E-state index in [-0.39, 0.29) is 5.41 Å². The van der Waals surface area contributed by atoms with Gasteiger partial charge < -0.3 is 4.42 Å². The van der Waals surface area contributed by atoms with Crippen molar-refractivity contribution in [2.45, 2.75) is 19.3 Å². The van der Waals surface area contributed by atoms with E-state index in [0.29, 0.717) is 0 Å². The minimum absolute atomic E-state index is 0.172. The molecule has 0 bridgehead atoms. The minimum Gasteiger partial charge on any atom is -0.455 e. The summed E-state index contributed by atoms with van der Waals surface area (Å²) in [4.78, 5) is 9.57. The number of furan rings is 1. The Balaban J connectivity index is 0.895. The molecule has 12 rings (SSSR count). The average molecular weight is 741 g/mol. The van der Waals surface area contributed by atoms with Crippen molar-refractivity contribution >= 4 is 54.5 Å². The Kier molecular flexibility index (Phi) is 6.98. The van der Waals surface area contributed by atoms with E-state index in [4.69, 9.17) is 14.4 Å². The van der Waals surface area contributed by atoms with Crippen LogP contribution in [0.25, 0.3) is 110 Å². The van der Waals surface area contributed by atoms with Crippen molar-refractivity contribution in [3.8, 4) is 55.6 Å². The van der Waals surface area contributed by atoms with Crippen molar-refractivity contribution in [3.63, 3.8) is 0 Å². The molecule has 0 N–H and O–H groups in total. The van der Waals surface area contributed by atoms with Gasteiger partial charge in [-0.3, -0.25) is 9.97 Å². The number of fused-ring (bicyclic) bond motifs is 12. The quantitative estimate of drug-likeness (QED) is 0.169. The molecule has 58 heavy (non-hydrogen) atoms. The highest BCUT2D eigenvalue weighted by Crippen LogP contribution is 2.51. The summed E-state index contributed by atoms with van der Waals surface area (Å²) in [6.45, 7) is 4.73. The summed E-state index contributed by atoms with van der Waals surface area (Å²) in [5.41, 5.74) is 18.3. The van der Waals surface area contributed by atoms with Crippen LogP contribution in [-0.4, -0.2) is 9.97 Å². The first-order valence-electron chi connectivity index (χ1n) is 20.0. The Morgan fingerprint density at radius 1 is 0.362 bits per heavy atom. The van der Waals surface area contributed by atoms with Crippen LogP contribution in [0.5, 0.6) is 0 Å². The summed E-state index contributed by atoms with van der Waals surface area (Å²) < 4.78 is 6.42. The van der Waals surface area contributed by atoms with E-state index in [2.05, 4.69) is 172 Å². The molecule has 0 fully saturated rings. The van der Waals surface area contributed by atoms with Crippen molar-refractivity contribution in [3.05, 3.63) is 193 Å². The zero-order chi connectivity index (χ0) is 38.5. The van der Waals surface area contributed by atoms with Crippen LogP contribution in [-0.2, 0) is 5.41 Å². The summed E-state index contributed by atoms with van der Waals surface area (Å²) in [6, 6.07) is 61.9. The first kappa shape index (κ1) is 32.8. The fraction of sp³-hybridized carbons (Fsp3) is 0.0545. The van der Waals surface area contributed by atoms with Gasteiger partial charge in [0.25, 0.3) is 0 Å². The molecular weight excluding hydrogens is 705 g/mol. The molecule has 2 heterocycles. The van der Waals surface area contributed by atoms with Gasteiger partial charge in [0.2, 0.25) is 0 Å². The highest BCUT2D eigenvalue weighted by atomic mass is 16.3. The third-order valence-corrected chi connectivity index (χ3v) is 12.6. The van der Waals surface area contributed by atoms with Gasteiger partial charge in [0.05, 0.1) is 11.0 Å². The maximum atomic E-state index is 6.42. The lowest BCUT2D eigenvalue weighted by Gasteiger charge is -2.23. The largest absolute Gasteiger partial charge is 0.455 e. The molecule has 0 amide bonds. The summed E-state index contributed by atoms with van der Waals surface area (Å²) in [7, 11) is 0. The van der Waals surface area contributed by atoms with E-state index < -0.39 is 0 Å². The molecule has 0 atom stereocenters. The summed E-state index contributed by atoms with van der Waals surface area (Å²) in [5.74, 6) is 0. The molecule has 0 saturated heterocycles. The number of rotatable bonds is 4. The minimum atomic E-state index is -0.172. The van der Waals surface area contributed by atoms with Crippen LogP contribution in [0.2, 0.25) is 0 Å². The first-order chi connectivity index (χ1) is 28.5. The van der Waals surface area contributed by atoms with Crippen LogP contribution in [0.1, 0.15) is 25.0 Å². The molecule has 272 valence electrons. The van der Waals surface area contributed by atoms with Crippen LogP contribution >= 0.6 is 0 Å². The standard InChI is InChI=1S/C55H36N2O/c1-55(2)49-31-37(34-11-7-10-33(28-34)36-20-23-42-41-14-3-4-16-46(41)52-53(48(42)30-36)57-27-26-56-52)21-24-43(49)44-25-22-38(32-50(44)55)35-12-8-13-39(29-35)40-17-9-18-47-45-15-5-6-19-51(45)58-54(40)47/h3-32H,1-2H3. The van der Waals surface area contributed by atoms with Crippen LogP contribution < -0.4 is 0 Å². The van der Waals surface area contributed by atoms with Crippen LogP contribution in [0, 0.1) is 0 Å². The fourth-order valence-corrected chi connectivity index (χ4v) is 9.63. The molecule has 0 saturated carbocycles. The Labute approximate surface area is 335 Å². The second-order valence-corrected chi connectivity index (χ2v) is 16.1. The Hall–Kier alpha value is -7.36. The van der Waals surface area contributed by atoms with Crippen LogP contribution in [0.4, 0.5) is 0 Å². The molecule has 0 unspecified atom stereocenters. The molecule has 1 aliphatic rings. The second-order valence-electron chi connectivity index (χ2n) is 16.1. The molecule has 3 nitrogen and oxygen atoms in total. The normalized spacial score (nSPS) is 13.1. The van der Waals surface area contributed by atoms with Gasteiger partial charge in [-0.15, -0.1) is 0 Å². The third-order valence-electron chi connectivity index (χ3n) is 12.6. The van der Waals surface area contributed by atoms with Crippen molar-refractivity contribution in [2.24, 2.45) is 0 Å². The van der Waals surface area contributed by atoms with Crippen molar-refractivity contribution < 1.29 is 4.42 Å². The lowest BCUT2D eigenvalue weighted by atomic mass is 9.80. The number of hydrogen-bond acceptors (Lipinski definition) is 3. The van der Waals surface area contributed by atoms with E-state index in [1.54, 1.807) is 12.4 Å². The lowest BCUT2D eigenvalue weighted by molar-refractivity contribution is 0.661. The molecular formula is C55H36N2O. The van der Waals surface area contributed by atoms with Gasteiger partial charge in [-0.25, -0.2) is 0 Å². The van der Waals surface area contributed by atoms with E-state index >= 15 is 0 Å². The molecule has 2 aromatic heterocycles. The van der Waals surface area contributed by atoms with E-state index in [0.717, 1.165) is 60.4 Å². The maximum absolute atomic E-state index is 6.42. The lowest BCUT2D eigenvalue weighted by Crippen LogP contribution is -2.15.